The summed E-state index contributed by atoms with van der Waals surface area (Å²) in [6.07, 6.45) is -0.874. The summed E-state index contributed by atoms with van der Waals surface area (Å²) in [5.41, 5.74) is 0.997. The molecule has 0 aliphatic carbocycles. The Morgan fingerprint density at radius 3 is 2.39 bits per heavy atom. The number of fused-ring (bicyclic) bond motifs is 1. The molecular formula is C16H17IN4O7. The fraction of sp³-hybridized carbons (Fsp3) is 0.500. The zero-order valence-electron chi connectivity index (χ0n) is 15.2. The van der Waals surface area contributed by atoms with Gasteiger partial charge in [-0.3, -0.25) is 19.0 Å². The van der Waals surface area contributed by atoms with Crippen molar-refractivity contribution in [3.05, 3.63) is 16.4 Å². The third-order valence-electron chi connectivity index (χ3n) is 3.93. The van der Waals surface area contributed by atoms with Crippen LogP contribution in [0.15, 0.2) is 12.7 Å². The molecule has 0 spiro atoms. The van der Waals surface area contributed by atoms with Crippen molar-refractivity contribution < 1.29 is 33.3 Å². The second-order valence-corrected chi connectivity index (χ2v) is 7.03. The highest BCUT2D eigenvalue weighted by Crippen LogP contribution is 2.36. The monoisotopic (exact) mass is 504 g/mol. The number of esters is 3. The van der Waals surface area contributed by atoms with Crippen molar-refractivity contribution in [2.24, 2.45) is 0 Å². The quantitative estimate of drug-likeness (QED) is 0.249. The minimum absolute atomic E-state index is 0.180. The van der Waals surface area contributed by atoms with E-state index in [0.717, 1.165) is 0 Å². The maximum absolute atomic E-state index is 11.7. The van der Waals surface area contributed by atoms with Gasteiger partial charge in [-0.05, 0) is 22.6 Å². The van der Waals surface area contributed by atoms with E-state index >= 15 is 0 Å². The van der Waals surface area contributed by atoms with Crippen molar-refractivity contribution in [2.75, 3.05) is 6.61 Å². The van der Waals surface area contributed by atoms with Gasteiger partial charge >= 0.3 is 17.9 Å². The lowest BCUT2D eigenvalue weighted by atomic mass is 10.1. The topological polar surface area (TPSA) is 132 Å². The molecule has 0 N–H and O–H groups in total. The fourth-order valence-corrected chi connectivity index (χ4v) is 3.43. The minimum Gasteiger partial charge on any atom is -0.463 e. The van der Waals surface area contributed by atoms with Crippen LogP contribution in [0.25, 0.3) is 11.2 Å². The summed E-state index contributed by atoms with van der Waals surface area (Å²) in [6.45, 7) is 3.53. The SMILES string of the molecule is CC(=O)OC[C@H]1O[C@@H](n2cnc3c(I)ncnc32)[C@@H](OC(C)=O)[C@@H]1OC(C)=O. The second-order valence-electron chi connectivity index (χ2n) is 6.00. The Morgan fingerprint density at radius 2 is 1.75 bits per heavy atom. The molecule has 0 radical (unpaired) electrons. The summed E-state index contributed by atoms with van der Waals surface area (Å²) < 4.78 is 23.9. The van der Waals surface area contributed by atoms with E-state index in [4.69, 9.17) is 18.9 Å². The molecule has 0 bridgehead atoms. The van der Waals surface area contributed by atoms with E-state index in [0.29, 0.717) is 14.9 Å². The van der Waals surface area contributed by atoms with Gasteiger partial charge in [-0.15, -0.1) is 0 Å². The lowest BCUT2D eigenvalue weighted by molar-refractivity contribution is -0.166. The number of aromatic nitrogens is 4. The van der Waals surface area contributed by atoms with Gasteiger partial charge in [0.1, 0.15) is 28.3 Å². The van der Waals surface area contributed by atoms with Gasteiger partial charge in [0.15, 0.2) is 24.1 Å². The van der Waals surface area contributed by atoms with Crippen molar-refractivity contribution >= 4 is 51.7 Å². The molecule has 0 amide bonds. The molecule has 28 heavy (non-hydrogen) atoms. The number of carbonyl (C=O) groups excluding carboxylic acids is 3. The molecule has 150 valence electrons. The van der Waals surface area contributed by atoms with Crippen LogP contribution in [0, 0.1) is 3.70 Å². The first-order valence-electron chi connectivity index (χ1n) is 8.24. The summed E-state index contributed by atoms with van der Waals surface area (Å²) >= 11 is 2.02. The van der Waals surface area contributed by atoms with Crippen molar-refractivity contribution in [1.82, 2.24) is 19.5 Å². The number of halogens is 1. The highest BCUT2D eigenvalue weighted by atomic mass is 127. The van der Waals surface area contributed by atoms with Crippen LogP contribution >= 0.6 is 22.6 Å². The van der Waals surface area contributed by atoms with Crippen molar-refractivity contribution in [3.63, 3.8) is 0 Å². The lowest BCUT2D eigenvalue weighted by Gasteiger charge is -2.23. The van der Waals surface area contributed by atoms with Crippen LogP contribution in [-0.2, 0) is 33.3 Å². The highest BCUT2D eigenvalue weighted by molar-refractivity contribution is 14.1. The maximum atomic E-state index is 11.7. The summed E-state index contributed by atoms with van der Waals surface area (Å²) in [7, 11) is 0. The van der Waals surface area contributed by atoms with Crippen LogP contribution in [-0.4, -0.2) is 62.3 Å². The van der Waals surface area contributed by atoms with E-state index in [1.807, 2.05) is 22.6 Å². The fourth-order valence-electron chi connectivity index (χ4n) is 2.93. The Labute approximate surface area is 172 Å². The van der Waals surface area contributed by atoms with Crippen LogP contribution in [0.4, 0.5) is 0 Å². The normalized spacial score (nSPS) is 24.1. The Hall–Kier alpha value is -2.35. The molecule has 1 aliphatic heterocycles. The minimum atomic E-state index is -0.994. The van der Waals surface area contributed by atoms with Crippen molar-refractivity contribution in [2.45, 2.75) is 45.3 Å². The number of ether oxygens (including phenoxy) is 4. The first-order chi connectivity index (χ1) is 13.3. The van der Waals surface area contributed by atoms with Gasteiger partial charge in [0, 0.05) is 20.8 Å². The van der Waals surface area contributed by atoms with Gasteiger partial charge in [0.2, 0.25) is 0 Å². The zero-order chi connectivity index (χ0) is 20.4. The number of rotatable bonds is 5. The molecule has 2 aromatic heterocycles. The predicted molar refractivity (Wildman–Crippen MR) is 99.7 cm³/mol. The summed E-state index contributed by atoms with van der Waals surface area (Å²) in [4.78, 5) is 47.1. The average Bonchev–Trinajstić information content (AvgIpc) is 3.16. The van der Waals surface area contributed by atoms with Crippen molar-refractivity contribution in [1.29, 1.82) is 0 Å². The van der Waals surface area contributed by atoms with Crippen molar-refractivity contribution in [3.8, 4) is 0 Å². The van der Waals surface area contributed by atoms with Crippen LogP contribution in [0.1, 0.15) is 27.0 Å². The summed E-state index contributed by atoms with van der Waals surface area (Å²) in [5, 5.41) is 0. The Balaban J connectivity index is 2.01. The zero-order valence-corrected chi connectivity index (χ0v) is 17.4. The van der Waals surface area contributed by atoms with E-state index in [2.05, 4.69) is 15.0 Å². The second kappa shape index (κ2) is 8.34. The van der Waals surface area contributed by atoms with Gasteiger partial charge in [-0.1, -0.05) is 0 Å². The molecule has 3 rings (SSSR count). The number of hydrogen-bond acceptors (Lipinski definition) is 10. The smallest absolute Gasteiger partial charge is 0.303 e. The third kappa shape index (κ3) is 4.22. The largest absolute Gasteiger partial charge is 0.463 e. The molecule has 0 saturated carbocycles. The van der Waals surface area contributed by atoms with Crippen LogP contribution in [0.5, 0.6) is 0 Å². The third-order valence-corrected chi connectivity index (χ3v) is 4.72. The number of hydrogen-bond donors (Lipinski definition) is 0. The number of nitrogens with zero attached hydrogens (tertiary/aromatic N) is 4. The Kier molecular flexibility index (Phi) is 6.07. The van der Waals surface area contributed by atoms with Gasteiger partial charge in [-0.2, -0.15) is 0 Å². The van der Waals surface area contributed by atoms with Gasteiger partial charge in [-0.25, -0.2) is 15.0 Å². The Morgan fingerprint density at radius 1 is 1.07 bits per heavy atom. The summed E-state index contributed by atoms with van der Waals surface area (Å²) in [5.74, 6) is -1.70. The molecule has 0 aromatic carbocycles. The number of imidazole rings is 1. The van der Waals surface area contributed by atoms with Gasteiger partial charge < -0.3 is 18.9 Å². The van der Waals surface area contributed by atoms with E-state index in [1.54, 1.807) is 4.57 Å². The molecule has 1 saturated heterocycles. The Bertz CT molecular complexity index is 918. The molecule has 4 atom stereocenters. The van der Waals surface area contributed by atoms with Crippen LogP contribution in [0.2, 0.25) is 0 Å². The molecular weight excluding hydrogens is 487 g/mol. The molecule has 11 nitrogen and oxygen atoms in total. The average molecular weight is 504 g/mol. The number of carbonyl (C=O) groups is 3. The van der Waals surface area contributed by atoms with Crippen LogP contribution < -0.4 is 0 Å². The van der Waals surface area contributed by atoms with E-state index < -0.39 is 42.4 Å². The van der Waals surface area contributed by atoms with Crippen LogP contribution in [0.3, 0.4) is 0 Å². The van der Waals surface area contributed by atoms with Gasteiger partial charge in [0.25, 0.3) is 0 Å². The highest BCUT2D eigenvalue weighted by Gasteiger charge is 2.51. The van der Waals surface area contributed by atoms with E-state index in [-0.39, 0.29) is 6.61 Å². The predicted octanol–water partition coefficient (Wildman–Crippen LogP) is 0.755. The van der Waals surface area contributed by atoms with Gasteiger partial charge in [0.05, 0.1) is 6.33 Å². The molecule has 0 unspecified atom stereocenters. The molecule has 2 aromatic rings. The molecule has 1 fully saturated rings. The first kappa shape index (κ1) is 20.4. The first-order valence-corrected chi connectivity index (χ1v) is 9.32. The molecule has 3 heterocycles. The maximum Gasteiger partial charge on any atom is 0.303 e. The molecule has 12 heteroatoms. The van der Waals surface area contributed by atoms with E-state index in [9.17, 15) is 14.4 Å². The van der Waals surface area contributed by atoms with E-state index in [1.165, 1.54) is 33.4 Å². The standard InChI is InChI=1S/C16H17IN4O7/c1-7(22)25-4-10-12(26-8(2)23)13(27-9(3)24)16(28-10)21-6-20-11-14(17)18-5-19-15(11)21/h5-6,10,12-13,16H,4H2,1-3H3/t10-,12-,13+,16-/m1/s1. The summed E-state index contributed by atoms with van der Waals surface area (Å²) in [6, 6.07) is 0. The lowest BCUT2D eigenvalue weighted by Crippen LogP contribution is -2.40. The molecule has 1 aliphatic rings.